The number of nitrogens with zero attached hydrogens (tertiary/aromatic N) is 1. The first-order valence-corrected chi connectivity index (χ1v) is 5.02. The molecule has 0 aromatic heterocycles. The van der Waals surface area contributed by atoms with E-state index >= 15 is 0 Å². The van der Waals surface area contributed by atoms with E-state index in [4.69, 9.17) is 10.00 Å². The minimum Gasteiger partial charge on any atom is -0.492 e. The van der Waals surface area contributed by atoms with Gasteiger partial charge in [-0.1, -0.05) is 5.57 Å². The lowest BCUT2D eigenvalue weighted by atomic mass is 10.1. The van der Waals surface area contributed by atoms with Crippen molar-refractivity contribution in [1.82, 2.24) is 0 Å². The van der Waals surface area contributed by atoms with Crippen molar-refractivity contribution in [3.8, 4) is 11.8 Å². The van der Waals surface area contributed by atoms with Crippen LogP contribution in [0, 0.1) is 24.1 Å². The number of rotatable bonds is 4. The Morgan fingerprint density at radius 2 is 2.25 bits per heavy atom. The van der Waals surface area contributed by atoms with Crippen LogP contribution < -0.4 is 4.74 Å². The zero-order chi connectivity index (χ0) is 12.1. The fraction of sp³-hybridized carbons (Fsp3) is 0.308. The Morgan fingerprint density at radius 3 is 2.81 bits per heavy atom. The maximum atomic E-state index is 13.1. The second kappa shape index (κ2) is 5.32. The van der Waals surface area contributed by atoms with E-state index in [1.165, 1.54) is 12.1 Å². The van der Waals surface area contributed by atoms with Crippen molar-refractivity contribution in [2.24, 2.45) is 0 Å². The Bertz CT molecular complexity index is 446. The molecule has 0 unspecified atom stereocenters. The topological polar surface area (TPSA) is 33.0 Å². The summed E-state index contributed by atoms with van der Waals surface area (Å²) in [6.45, 7) is 7.74. The van der Waals surface area contributed by atoms with Gasteiger partial charge in [0.2, 0.25) is 0 Å². The summed E-state index contributed by atoms with van der Waals surface area (Å²) in [6, 6.07) is 4.58. The van der Waals surface area contributed by atoms with Crippen LogP contribution in [0.3, 0.4) is 0 Å². The van der Waals surface area contributed by atoms with E-state index in [2.05, 4.69) is 6.58 Å². The number of benzene rings is 1. The van der Waals surface area contributed by atoms with Crippen LogP contribution in [-0.2, 0) is 0 Å². The number of ether oxygens (including phenoxy) is 1. The first-order valence-electron chi connectivity index (χ1n) is 5.02. The first kappa shape index (κ1) is 12.3. The summed E-state index contributed by atoms with van der Waals surface area (Å²) in [7, 11) is 0. The second-order valence-electron chi connectivity index (χ2n) is 3.76. The van der Waals surface area contributed by atoms with Crippen LogP contribution in [0.5, 0.6) is 5.75 Å². The number of hydrogen-bond donors (Lipinski definition) is 0. The molecule has 0 amide bonds. The maximum Gasteiger partial charge on any atom is 0.140 e. The molecule has 0 heterocycles. The smallest absolute Gasteiger partial charge is 0.140 e. The second-order valence-corrected chi connectivity index (χ2v) is 3.76. The molecular weight excluding hydrogens is 205 g/mol. The van der Waals surface area contributed by atoms with Gasteiger partial charge in [-0.25, -0.2) is 4.39 Å². The standard InChI is InChI=1S/C13H14FNO/c1-9(2)4-5-16-13-7-11(14)6-10(3)12(13)8-15/h6-7H,1,4-5H2,2-3H3. The van der Waals surface area contributed by atoms with Crippen molar-refractivity contribution in [3.05, 3.63) is 41.2 Å². The molecule has 0 atom stereocenters. The highest BCUT2D eigenvalue weighted by molar-refractivity contribution is 5.48. The molecular formula is C13H14FNO. The van der Waals surface area contributed by atoms with Crippen LogP contribution in [0.15, 0.2) is 24.3 Å². The lowest BCUT2D eigenvalue weighted by Gasteiger charge is -2.09. The number of hydrogen-bond acceptors (Lipinski definition) is 2. The van der Waals surface area contributed by atoms with Gasteiger partial charge in [-0.15, -0.1) is 6.58 Å². The number of aryl methyl sites for hydroxylation is 1. The quantitative estimate of drug-likeness (QED) is 0.727. The van der Waals surface area contributed by atoms with Crippen molar-refractivity contribution in [2.75, 3.05) is 6.61 Å². The van der Waals surface area contributed by atoms with Crippen LogP contribution in [0.25, 0.3) is 0 Å². The van der Waals surface area contributed by atoms with E-state index in [-0.39, 0.29) is 5.82 Å². The predicted octanol–water partition coefficient (Wildman–Crippen LogP) is 3.35. The van der Waals surface area contributed by atoms with E-state index in [0.29, 0.717) is 29.9 Å². The SMILES string of the molecule is C=C(C)CCOc1cc(F)cc(C)c1C#N. The average Bonchev–Trinajstić information content (AvgIpc) is 2.16. The van der Waals surface area contributed by atoms with Gasteiger partial charge in [0.1, 0.15) is 17.6 Å². The molecule has 0 fully saturated rings. The van der Waals surface area contributed by atoms with Crippen LogP contribution in [0.4, 0.5) is 4.39 Å². The molecule has 0 aliphatic heterocycles. The predicted molar refractivity (Wildman–Crippen MR) is 60.8 cm³/mol. The lowest BCUT2D eigenvalue weighted by molar-refractivity contribution is 0.319. The van der Waals surface area contributed by atoms with Gasteiger partial charge in [-0.3, -0.25) is 0 Å². The highest BCUT2D eigenvalue weighted by Gasteiger charge is 2.09. The van der Waals surface area contributed by atoms with Gasteiger partial charge in [-0.2, -0.15) is 5.26 Å². The summed E-state index contributed by atoms with van der Waals surface area (Å²) in [6.07, 6.45) is 0.695. The third kappa shape index (κ3) is 3.09. The van der Waals surface area contributed by atoms with Crippen molar-refractivity contribution < 1.29 is 9.13 Å². The van der Waals surface area contributed by atoms with E-state index in [0.717, 1.165) is 5.57 Å². The van der Waals surface area contributed by atoms with Gasteiger partial charge in [0.05, 0.1) is 12.2 Å². The zero-order valence-electron chi connectivity index (χ0n) is 9.51. The summed E-state index contributed by atoms with van der Waals surface area (Å²) in [5.41, 5.74) is 1.97. The van der Waals surface area contributed by atoms with Crippen LogP contribution in [0.1, 0.15) is 24.5 Å². The summed E-state index contributed by atoms with van der Waals surface area (Å²) in [5.74, 6) is -0.0805. The van der Waals surface area contributed by atoms with Gasteiger partial charge >= 0.3 is 0 Å². The van der Waals surface area contributed by atoms with E-state index in [1.54, 1.807) is 6.92 Å². The largest absolute Gasteiger partial charge is 0.492 e. The molecule has 0 radical (unpaired) electrons. The van der Waals surface area contributed by atoms with E-state index in [1.807, 2.05) is 13.0 Å². The molecule has 1 aromatic carbocycles. The molecule has 2 nitrogen and oxygen atoms in total. The molecule has 84 valence electrons. The lowest BCUT2D eigenvalue weighted by Crippen LogP contribution is -2.01. The van der Waals surface area contributed by atoms with Crippen molar-refractivity contribution in [2.45, 2.75) is 20.3 Å². The van der Waals surface area contributed by atoms with Crippen molar-refractivity contribution in [1.29, 1.82) is 5.26 Å². The highest BCUT2D eigenvalue weighted by atomic mass is 19.1. The Balaban J connectivity index is 2.86. The molecule has 1 rings (SSSR count). The van der Waals surface area contributed by atoms with Gasteiger partial charge < -0.3 is 4.74 Å². The molecule has 0 N–H and O–H groups in total. The summed E-state index contributed by atoms with van der Waals surface area (Å²) in [5, 5.41) is 8.93. The first-order chi connectivity index (χ1) is 7.54. The molecule has 0 saturated heterocycles. The summed E-state index contributed by atoms with van der Waals surface area (Å²) >= 11 is 0. The summed E-state index contributed by atoms with van der Waals surface area (Å²) in [4.78, 5) is 0. The van der Waals surface area contributed by atoms with Gasteiger partial charge in [0.25, 0.3) is 0 Å². The Kier molecular flexibility index (Phi) is 4.07. The average molecular weight is 219 g/mol. The zero-order valence-corrected chi connectivity index (χ0v) is 9.51. The molecule has 1 aromatic rings. The minimum absolute atomic E-state index is 0.307. The Hall–Kier alpha value is -1.82. The molecule has 3 heteroatoms. The molecule has 0 bridgehead atoms. The fourth-order valence-corrected chi connectivity index (χ4v) is 1.30. The van der Waals surface area contributed by atoms with Crippen LogP contribution in [-0.4, -0.2) is 6.61 Å². The van der Waals surface area contributed by atoms with Crippen molar-refractivity contribution >= 4 is 0 Å². The third-order valence-electron chi connectivity index (χ3n) is 2.16. The van der Waals surface area contributed by atoms with E-state index < -0.39 is 0 Å². The minimum atomic E-state index is -0.387. The number of nitriles is 1. The fourth-order valence-electron chi connectivity index (χ4n) is 1.30. The van der Waals surface area contributed by atoms with E-state index in [9.17, 15) is 4.39 Å². The monoisotopic (exact) mass is 219 g/mol. The van der Waals surface area contributed by atoms with Gasteiger partial charge in [0, 0.05) is 12.5 Å². The van der Waals surface area contributed by atoms with Gasteiger partial charge in [-0.05, 0) is 25.5 Å². The third-order valence-corrected chi connectivity index (χ3v) is 2.16. The maximum absolute atomic E-state index is 13.1. The molecule has 0 aliphatic carbocycles. The van der Waals surface area contributed by atoms with Crippen molar-refractivity contribution in [3.63, 3.8) is 0 Å². The van der Waals surface area contributed by atoms with Gasteiger partial charge in [0.15, 0.2) is 0 Å². The molecule has 0 spiro atoms. The number of halogens is 1. The van der Waals surface area contributed by atoms with Crippen LogP contribution >= 0.6 is 0 Å². The molecule has 0 saturated carbocycles. The normalized spacial score (nSPS) is 9.62. The molecule has 16 heavy (non-hydrogen) atoms. The Morgan fingerprint density at radius 1 is 1.56 bits per heavy atom. The Labute approximate surface area is 95.0 Å². The van der Waals surface area contributed by atoms with Crippen LogP contribution in [0.2, 0.25) is 0 Å². The summed E-state index contributed by atoms with van der Waals surface area (Å²) < 4.78 is 18.5. The highest BCUT2D eigenvalue weighted by Crippen LogP contribution is 2.23. The molecule has 0 aliphatic rings.